The van der Waals surface area contributed by atoms with Gasteiger partial charge in [-0.05, 0) is 86.7 Å². The van der Waals surface area contributed by atoms with Crippen molar-refractivity contribution in [2.45, 2.75) is 32.3 Å². The van der Waals surface area contributed by atoms with E-state index in [2.05, 4.69) is 67.8 Å². The summed E-state index contributed by atoms with van der Waals surface area (Å²) in [4.78, 5) is 26.3. The minimum Gasteiger partial charge on any atom is -0.479 e. The number of amides is 1. The smallest absolute Gasteiger partial charge is 0.344 e. The average molecular weight is 699 g/mol. The molecule has 1 aliphatic rings. The van der Waals surface area contributed by atoms with Gasteiger partial charge in [0.25, 0.3) is 5.91 Å². The number of carbonyl (C=O) groups is 2. The Morgan fingerprint density at radius 1 is 1.27 bits per heavy atom. The molecule has 1 aliphatic heterocycles. The van der Waals surface area contributed by atoms with E-state index in [0.29, 0.717) is 47.6 Å². The monoisotopic (exact) mass is 699 g/mol. The van der Waals surface area contributed by atoms with Crippen molar-refractivity contribution >= 4 is 79.6 Å². The highest BCUT2D eigenvalue weighted by molar-refractivity contribution is 14.1. The molecule has 144 valence electrons. The maximum Gasteiger partial charge on any atom is 0.344 e. The van der Waals surface area contributed by atoms with Crippen LogP contribution < -0.4 is 4.74 Å². The lowest BCUT2D eigenvalue weighted by Crippen LogP contribution is -2.41. The molecule has 6 nitrogen and oxygen atoms in total. The molecule has 0 saturated carbocycles. The van der Waals surface area contributed by atoms with Crippen LogP contribution in [0.25, 0.3) is 0 Å². The minimum atomic E-state index is -0.982. The lowest BCUT2D eigenvalue weighted by atomic mass is 10.1. The third kappa shape index (κ3) is 5.56. The molecule has 0 aliphatic carbocycles. The number of hydrogen-bond acceptors (Lipinski definition) is 4. The molecule has 1 unspecified atom stereocenters. The summed E-state index contributed by atoms with van der Waals surface area (Å²) < 4.78 is 13.5. The number of carbonyl (C=O) groups excluding carboxylic acids is 1. The van der Waals surface area contributed by atoms with Gasteiger partial charge in [0.15, 0.2) is 6.10 Å². The maximum atomic E-state index is 13.0. The van der Waals surface area contributed by atoms with Crippen LogP contribution in [0.3, 0.4) is 0 Å². The van der Waals surface area contributed by atoms with Gasteiger partial charge < -0.3 is 19.5 Å². The van der Waals surface area contributed by atoms with Crippen LogP contribution in [0.1, 0.15) is 36.5 Å². The van der Waals surface area contributed by atoms with Crippen LogP contribution in [0, 0.1) is 10.7 Å². The number of hydrogen-bond donors (Lipinski definition) is 1. The van der Waals surface area contributed by atoms with E-state index in [9.17, 15) is 14.7 Å². The number of halogens is 3. The molecule has 1 fully saturated rings. The summed E-state index contributed by atoms with van der Waals surface area (Å²) >= 11 is 6.37. The number of nitrogens with zero attached hydrogens (tertiary/aromatic N) is 1. The van der Waals surface area contributed by atoms with Crippen molar-refractivity contribution in [3.8, 4) is 5.75 Å². The maximum absolute atomic E-state index is 13.0. The van der Waals surface area contributed by atoms with E-state index in [1.54, 1.807) is 4.90 Å². The predicted molar refractivity (Wildman–Crippen MR) is 123 cm³/mol. The summed E-state index contributed by atoms with van der Waals surface area (Å²) in [7, 11) is 0. The molecule has 26 heavy (non-hydrogen) atoms. The Bertz CT molecular complexity index is 677. The van der Waals surface area contributed by atoms with Gasteiger partial charge in [-0.2, -0.15) is 0 Å². The molecule has 0 bridgehead atoms. The number of unbranched alkanes of at least 4 members (excludes halogenated alkanes) is 1. The highest BCUT2D eigenvalue weighted by Crippen LogP contribution is 2.35. The van der Waals surface area contributed by atoms with Gasteiger partial charge in [0.1, 0.15) is 5.75 Å². The Labute approximate surface area is 193 Å². The molecule has 1 amide bonds. The quantitative estimate of drug-likeness (QED) is 0.437. The first-order chi connectivity index (χ1) is 12.4. The van der Waals surface area contributed by atoms with Gasteiger partial charge in [0.2, 0.25) is 0 Å². The fraction of sp³-hybridized carbons (Fsp3) is 0.529. The van der Waals surface area contributed by atoms with Gasteiger partial charge in [0.05, 0.1) is 25.9 Å². The third-order valence-corrected chi connectivity index (χ3v) is 6.68. The SMILES string of the molecule is CCCCC(Oc1c(I)cc(I)c(C(=O)N2CCOCC2)c1I)C(=O)O. The zero-order valence-corrected chi connectivity index (χ0v) is 20.7. The molecule has 1 aromatic rings. The van der Waals surface area contributed by atoms with E-state index in [-0.39, 0.29) is 5.91 Å². The zero-order chi connectivity index (χ0) is 19.3. The van der Waals surface area contributed by atoms with Crippen molar-refractivity contribution in [3.05, 3.63) is 22.3 Å². The Kier molecular flexibility index (Phi) is 9.13. The zero-order valence-electron chi connectivity index (χ0n) is 14.3. The van der Waals surface area contributed by atoms with E-state index in [4.69, 9.17) is 9.47 Å². The highest BCUT2D eigenvalue weighted by Gasteiger charge is 2.28. The van der Waals surface area contributed by atoms with Gasteiger partial charge in [-0.15, -0.1) is 0 Å². The molecule has 0 spiro atoms. The predicted octanol–water partition coefficient (Wildman–Crippen LogP) is 4.00. The Balaban J connectivity index is 2.35. The fourth-order valence-electron chi connectivity index (χ4n) is 2.57. The molecular weight excluding hydrogens is 679 g/mol. The third-order valence-electron chi connectivity index (χ3n) is 4.00. The van der Waals surface area contributed by atoms with Crippen molar-refractivity contribution in [2.75, 3.05) is 26.3 Å². The van der Waals surface area contributed by atoms with Crippen LogP contribution in [0.4, 0.5) is 0 Å². The molecule has 0 aromatic heterocycles. The summed E-state index contributed by atoms with van der Waals surface area (Å²) in [5.41, 5.74) is 0.572. The number of aliphatic carboxylic acids is 1. The number of carboxylic acid groups (broad SMARTS) is 1. The van der Waals surface area contributed by atoms with Crippen LogP contribution in [-0.4, -0.2) is 54.3 Å². The number of morpholine rings is 1. The van der Waals surface area contributed by atoms with Crippen LogP contribution in [0.2, 0.25) is 0 Å². The van der Waals surface area contributed by atoms with Crippen molar-refractivity contribution in [1.82, 2.24) is 4.90 Å². The lowest BCUT2D eigenvalue weighted by Gasteiger charge is -2.28. The minimum absolute atomic E-state index is 0.0659. The largest absolute Gasteiger partial charge is 0.479 e. The molecule has 9 heteroatoms. The van der Waals surface area contributed by atoms with Gasteiger partial charge in [-0.25, -0.2) is 4.79 Å². The van der Waals surface area contributed by atoms with Crippen molar-refractivity contribution in [1.29, 1.82) is 0 Å². The Morgan fingerprint density at radius 2 is 1.92 bits per heavy atom. The number of ether oxygens (including phenoxy) is 2. The average Bonchev–Trinajstić information content (AvgIpc) is 2.61. The second kappa shape index (κ2) is 10.6. The van der Waals surface area contributed by atoms with Crippen LogP contribution >= 0.6 is 67.8 Å². The van der Waals surface area contributed by atoms with E-state index >= 15 is 0 Å². The second-order valence-corrected chi connectivity index (χ2v) is 9.25. The molecular formula is C17H20I3NO5. The van der Waals surface area contributed by atoms with Crippen molar-refractivity contribution in [2.24, 2.45) is 0 Å². The van der Waals surface area contributed by atoms with Crippen LogP contribution in [0.15, 0.2) is 6.07 Å². The summed E-state index contributed by atoms with van der Waals surface area (Å²) in [5, 5.41) is 9.46. The van der Waals surface area contributed by atoms with Crippen LogP contribution in [0.5, 0.6) is 5.75 Å². The lowest BCUT2D eigenvalue weighted by molar-refractivity contribution is -0.145. The van der Waals surface area contributed by atoms with Crippen molar-refractivity contribution in [3.63, 3.8) is 0 Å². The van der Waals surface area contributed by atoms with Gasteiger partial charge in [-0.3, -0.25) is 4.79 Å². The highest BCUT2D eigenvalue weighted by atomic mass is 127. The summed E-state index contributed by atoms with van der Waals surface area (Å²) in [5.74, 6) is -0.569. The van der Waals surface area contributed by atoms with Crippen LogP contribution in [-0.2, 0) is 9.53 Å². The first-order valence-electron chi connectivity index (χ1n) is 8.30. The molecule has 1 atom stereocenters. The van der Waals surface area contributed by atoms with Crippen molar-refractivity contribution < 1.29 is 24.2 Å². The Hall–Kier alpha value is 0.110. The standard InChI is InChI=1S/C17H20I3NO5/c1-2-3-4-12(17(23)24)26-15-11(19)9-10(18)13(14(15)20)16(22)21-5-7-25-8-6-21/h9,12H,2-8H2,1H3,(H,23,24). The van der Waals surface area contributed by atoms with E-state index in [1.165, 1.54) is 0 Å². The molecule has 2 rings (SSSR count). The summed E-state index contributed by atoms with van der Waals surface area (Å²) in [6, 6.07) is 1.87. The number of benzene rings is 1. The van der Waals surface area contributed by atoms with Gasteiger partial charge in [0, 0.05) is 16.7 Å². The topological polar surface area (TPSA) is 76.1 Å². The summed E-state index contributed by atoms with van der Waals surface area (Å²) in [6.07, 6.45) is 1.20. The first-order valence-corrected chi connectivity index (χ1v) is 11.5. The fourth-order valence-corrected chi connectivity index (χ4v) is 6.65. The summed E-state index contributed by atoms with van der Waals surface area (Å²) in [6.45, 7) is 4.19. The first kappa shape index (κ1) is 22.4. The molecule has 1 heterocycles. The molecule has 1 saturated heterocycles. The second-order valence-electron chi connectivity index (χ2n) is 5.85. The number of carboxylic acids is 1. The molecule has 1 aromatic carbocycles. The molecule has 0 radical (unpaired) electrons. The van der Waals surface area contributed by atoms with E-state index in [1.807, 2.05) is 13.0 Å². The van der Waals surface area contributed by atoms with Gasteiger partial charge in [-0.1, -0.05) is 13.3 Å². The normalized spacial score (nSPS) is 15.6. The molecule has 1 N–H and O–H groups in total. The number of rotatable bonds is 7. The van der Waals surface area contributed by atoms with E-state index < -0.39 is 12.1 Å². The van der Waals surface area contributed by atoms with Gasteiger partial charge >= 0.3 is 5.97 Å². The Morgan fingerprint density at radius 3 is 2.50 bits per heavy atom. The van der Waals surface area contributed by atoms with E-state index in [0.717, 1.165) is 20.0 Å².